The van der Waals surface area contributed by atoms with Crippen molar-refractivity contribution >= 4 is 11.9 Å². The van der Waals surface area contributed by atoms with Gasteiger partial charge in [0, 0.05) is 24.8 Å². The Balaban J connectivity index is 1.59. The lowest BCUT2D eigenvalue weighted by Crippen LogP contribution is -2.42. The number of aromatic nitrogens is 1. The minimum Gasteiger partial charge on any atom is -0.487 e. The highest BCUT2D eigenvalue weighted by Gasteiger charge is 2.28. The van der Waals surface area contributed by atoms with Crippen LogP contribution in [0, 0.1) is 5.92 Å². The Bertz CT molecular complexity index is 731. The molecule has 0 unspecified atom stereocenters. The summed E-state index contributed by atoms with van der Waals surface area (Å²) in [6, 6.07) is 12.5. The van der Waals surface area contributed by atoms with Crippen LogP contribution < -0.4 is 4.74 Å². The van der Waals surface area contributed by atoms with Gasteiger partial charge in [-0.2, -0.15) is 0 Å². The van der Waals surface area contributed by atoms with E-state index in [1.165, 1.54) is 0 Å². The molecule has 1 atom stereocenters. The molecule has 0 saturated carbocycles. The zero-order valence-electron chi connectivity index (χ0n) is 13.8. The SMILES string of the molecule is O=C(O)[C@H]1CCCN(C(=O)c2ccc(OCc3ccccn3)cc2)C1. The van der Waals surface area contributed by atoms with E-state index in [9.17, 15) is 9.59 Å². The van der Waals surface area contributed by atoms with Crippen molar-refractivity contribution in [1.29, 1.82) is 0 Å². The van der Waals surface area contributed by atoms with Crippen LogP contribution in [-0.2, 0) is 11.4 Å². The van der Waals surface area contributed by atoms with E-state index < -0.39 is 11.9 Å². The highest BCUT2D eigenvalue weighted by Crippen LogP contribution is 2.20. The minimum absolute atomic E-state index is 0.137. The molecule has 1 amide bonds. The molecular weight excluding hydrogens is 320 g/mol. The van der Waals surface area contributed by atoms with Crippen LogP contribution in [0.5, 0.6) is 5.75 Å². The minimum atomic E-state index is -0.837. The molecule has 2 aromatic rings. The smallest absolute Gasteiger partial charge is 0.308 e. The van der Waals surface area contributed by atoms with Gasteiger partial charge in [-0.25, -0.2) is 0 Å². The Labute approximate surface area is 146 Å². The number of carboxylic acid groups (broad SMARTS) is 1. The number of hydrogen-bond acceptors (Lipinski definition) is 4. The second-order valence-electron chi connectivity index (χ2n) is 6.06. The molecule has 130 valence electrons. The second kappa shape index (κ2) is 7.79. The van der Waals surface area contributed by atoms with Crippen molar-refractivity contribution in [3.8, 4) is 5.75 Å². The van der Waals surface area contributed by atoms with Crippen molar-refractivity contribution in [2.45, 2.75) is 19.4 Å². The molecule has 0 spiro atoms. The number of piperidine rings is 1. The molecule has 1 saturated heterocycles. The predicted molar refractivity (Wildman–Crippen MR) is 91.3 cm³/mol. The number of likely N-dealkylation sites (tertiary alicyclic amines) is 1. The highest BCUT2D eigenvalue weighted by atomic mass is 16.5. The van der Waals surface area contributed by atoms with E-state index in [0.717, 1.165) is 5.69 Å². The Morgan fingerprint density at radius 2 is 2.00 bits per heavy atom. The first-order chi connectivity index (χ1) is 12.1. The summed E-state index contributed by atoms with van der Waals surface area (Å²) in [6.07, 6.45) is 3.05. The van der Waals surface area contributed by atoms with Gasteiger partial charge in [0.25, 0.3) is 5.91 Å². The fraction of sp³-hybridized carbons (Fsp3) is 0.316. The number of carboxylic acids is 1. The first kappa shape index (κ1) is 17.0. The fourth-order valence-electron chi connectivity index (χ4n) is 2.88. The lowest BCUT2D eigenvalue weighted by atomic mass is 9.97. The third-order valence-corrected chi connectivity index (χ3v) is 4.27. The fourth-order valence-corrected chi connectivity index (χ4v) is 2.88. The van der Waals surface area contributed by atoms with Crippen LogP contribution in [0.2, 0.25) is 0 Å². The van der Waals surface area contributed by atoms with Crippen molar-refractivity contribution in [3.63, 3.8) is 0 Å². The number of carbonyl (C=O) groups excluding carboxylic acids is 1. The number of pyridine rings is 1. The zero-order chi connectivity index (χ0) is 17.6. The number of ether oxygens (including phenoxy) is 1. The molecule has 1 aromatic carbocycles. The van der Waals surface area contributed by atoms with E-state index in [2.05, 4.69) is 4.98 Å². The Hall–Kier alpha value is -2.89. The van der Waals surface area contributed by atoms with E-state index in [1.54, 1.807) is 35.4 Å². The molecule has 2 heterocycles. The van der Waals surface area contributed by atoms with Crippen LogP contribution in [0.3, 0.4) is 0 Å². The summed E-state index contributed by atoms with van der Waals surface area (Å²) in [5.41, 5.74) is 1.37. The molecule has 6 heteroatoms. The summed E-state index contributed by atoms with van der Waals surface area (Å²) in [6.45, 7) is 1.23. The van der Waals surface area contributed by atoms with Crippen LogP contribution in [0.1, 0.15) is 28.9 Å². The average Bonchev–Trinajstić information content (AvgIpc) is 2.67. The molecular formula is C19H20N2O4. The molecule has 1 aromatic heterocycles. The third-order valence-electron chi connectivity index (χ3n) is 4.27. The third kappa shape index (κ3) is 4.35. The molecule has 25 heavy (non-hydrogen) atoms. The maximum atomic E-state index is 12.5. The van der Waals surface area contributed by atoms with Gasteiger partial charge in [0.05, 0.1) is 11.6 Å². The first-order valence-electron chi connectivity index (χ1n) is 8.28. The Morgan fingerprint density at radius 3 is 2.68 bits per heavy atom. The maximum Gasteiger partial charge on any atom is 0.308 e. The van der Waals surface area contributed by atoms with Crippen LogP contribution >= 0.6 is 0 Å². The Morgan fingerprint density at radius 1 is 1.20 bits per heavy atom. The van der Waals surface area contributed by atoms with Crippen LogP contribution in [0.25, 0.3) is 0 Å². The number of amides is 1. The van der Waals surface area contributed by atoms with Crippen molar-refractivity contribution in [2.75, 3.05) is 13.1 Å². The van der Waals surface area contributed by atoms with Crippen LogP contribution in [-0.4, -0.2) is 40.0 Å². The van der Waals surface area contributed by atoms with Gasteiger partial charge < -0.3 is 14.7 Å². The summed E-state index contributed by atoms with van der Waals surface area (Å²) in [5, 5.41) is 9.14. The lowest BCUT2D eigenvalue weighted by Gasteiger charge is -2.30. The molecule has 1 aliphatic rings. The summed E-state index contributed by atoms with van der Waals surface area (Å²) in [5.74, 6) is -0.791. The van der Waals surface area contributed by atoms with Gasteiger partial charge in [-0.15, -0.1) is 0 Å². The summed E-state index contributed by atoms with van der Waals surface area (Å²) in [4.78, 5) is 29.5. The van der Waals surface area contributed by atoms with Crippen LogP contribution in [0.15, 0.2) is 48.7 Å². The van der Waals surface area contributed by atoms with Gasteiger partial charge in [-0.1, -0.05) is 6.07 Å². The largest absolute Gasteiger partial charge is 0.487 e. The zero-order valence-corrected chi connectivity index (χ0v) is 13.8. The summed E-state index contributed by atoms with van der Waals surface area (Å²) >= 11 is 0. The number of nitrogens with zero attached hydrogens (tertiary/aromatic N) is 2. The molecule has 6 nitrogen and oxygen atoms in total. The second-order valence-corrected chi connectivity index (χ2v) is 6.06. The normalized spacial score (nSPS) is 17.1. The topological polar surface area (TPSA) is 79.7 Å². The van der Waals surface area contributed by atoms with Crippen molar-refractivity contribution in [2.24, 2.45) is 5.92 Å². The van der Waals surface area contributed by atoms with E-state index in [4.69, 9.17) is 9.84 Å². The number of benzene rings is 1. The molecule has 1 aliphatic heterocycles. The quantitative estimate of drug-likeness (QED) is 0.905. The summed E-state index contributed by atoms with van der Waals surface area (Å²) in [7, 11) is 0. The lowest BCUT2D eigenvalue weighted by molar-refractivity contribution is -0.143. The monoisotopic (exact) mass is 340 g/mol. The molecule has 0 radical (unpaired) electrons. The number of carbonyl (C=O) groups is 2. The van der Waals surface area contributed by atoms with Crippen molar-refractivity contribution in [3.05, 3.63) is 59.9 Å². The van der Waals surface area contributed by atoms with Gasteiger partial charge in [0.1, 0.15) is 12.4 Å². The van der Waals surface area contributed by atoms with Crippen molar-refractivity contribution in [1.82, 2.24) is 9.88 Å². The Kier molecular flexibility index (Phi) is 5.28. The van der Waals surface area contributed by atoms with E-state index >= 15 is 0 Å². The number of hydrogen-bond donors (Lipinski definition) is 1. The molecule has 1 fully saturated rings. The standard InChI is InChI=1S/C19H20N2O4/c22-18(21-11-3-4-15(12-21)19(23)24)14-6-8-17(9-7-14)25-13-16-5-1-2-10-20-16/h1-2,5-10,15H,3-4,11-13H2,(H,23,24)/t15-/m0/s1. The van der Waals surface area contributed by atoms with Crippen LogP contribution in [0.4, 0.5) is 0 Å². The number of aliphatic carboxylic acids is 1. The van der Waals surface area contributed by atoms with Gasteiger partial charge in [-0.3, -0.25) is 14.6 Å². The van der Waals surface area contributed by atoms with Gasteiger partial charge in [0.2, 0.25) is 0 Å². The number of rotatable bonds is 5. The molecule has 1 N–H and O–H groups in total. The van der Waals surface area contributed by atoms with E-state index in [-0.39, 0.29) is 12.5 Å². The van der Waals surface area contributed by atoms with Gasteiger partial charge >= 0.3 is 5.97 Å². The molecule has 3 rings (SSSR count). The highest BCUT2D eigenvalue weighted by molar-refractivity contribution is 5.94. The predicted octanol–water partition coefficient (Wildman–Crippen LogP) is 2.60. The molecule has 0 bridgehead atoms. The average molecular weight is 340 g/mol. The van der Waals surface area contributed by atoms with E-state index in [1.807, 2.05) is 18.2 Å². The van der Waals surface area contributed by atoms with Gasteiger partial charge in [-0.05, 0) is 49.2 Å². The van der Waals surface area contributed by atoms with E-state index in [0.29, 0.717) is 37.3 Å². The maximum absolute atomic E-state index is 12.5. The summed E-state index contributed by atoms with van der Waals surface area (Å²) < 4.78 is 5.66. The first-order valence-corrected chi connectivity index (χ1v) is 8.28. The van der Waals surface area contributed by atoms with Crippen molar-refractivity contribution < 1.29 is 19.4 Å². The molecule has 0 aliphatic carbocycles. The van der Waals surface area contributed by atoms with Gasteiger partial charge in [0.15, 0.2) is 0 Å².